The fraction of sp³-hybridized carbons (Fsp3) is 0.136. The molecule has 0 saturated heterocycles. The molecule has 168 valence electrons. The number of fused-ring (bicyclic) bond motifs is 1. The lowest BCUT2D eigenvalue weighted by Gasteiger charge is -2.13. The maximum Gasteiger partial charge on any atom is 0.416 e. The van der Waals surface area contributed by atoms with Crippen molar-refractivity contribution in [1.29, 1.82) is 0 Å². The molecule has 0 spiro atoms. The molecule has 2 heterocycles. The van der Waals surface area contributed by atoms with Crippen molar-refractivity contribution in [2.75, 3.05) is 7.11 Å². The topological polar surface area (TPSA) is 73.5 Å². The molecule has 33 heavy (non-hydrogen) atoms. The Hall–Kier alpha value is -3.49. The van der Waals surface area contributed by atoms with E-state index in [0.717, 1.165) is 12.1 Å². The number of pyridine rings is 1. The minimum absolute atomic E-state index is 0.0334. The first-order chi connectivity index (χ1) is 15.6. The average molecular weight is 490 g/mol. The van der Waals surface area contributed by atoms with Crippen LogP contribution in [0.5, 0.6) is 5.75 Å². The highest BCUT2D eigenvalue weighted by atomic mass is 32.2. The zero-order chi connectivity index (χ0) is 23.8. The summed E-state index contributed by atoms with van der Waals surface area (Å²) < 4.78 is 70.3. The largest absolute Gasteiger partial charge is 0.496 e. The molecule has 0 bridgehead atoms. The van der Waals surface area contributed by atoms with E-state index < -0.39 is 21.6 Å². The second kappa shape index (κ2) is 8.46. The number of benzene rings is 2. The van der Waals surface area contributed by atoms with Crippen molar-refractivity contribution in [3.63, 3.8) is 0 Å². The number of thiazole rings is 1. The molecule has 11 heteroatoms. The van der Waals surface area contributed by atoms with Crippen molar-refractivity contribution in [1.82, 2.24) is 9.97 Å². The molecule has 0 radical (unpaired) electrons. The summed E-state index contributed by atoms with van der Waals surface area (Å²) in [5.41, 5.74) is -0.420. The fourth-order valence-corrected chi connectivity index (χ4v) is 5.60. The number of ether oxygens (including phenoxy) is 1. The summed E-state index contributed by atoms with van der Waals surface area (Å²) in [6.45, 7) is 7.36. The third kappa shape index (κ3) is 4.53. The molecule has 0 atom stereocenters. The summed E-state index contributed by atoms with van der Waals surface area (Å²) in [4.78, 5) is 11.7. The Labute approximate surface area is 191 Å². The summed E-state index contributed by atoms with van der Waals surface area (Å²) in [7, 11) is -2.47. The maximum atomic E-state index is 13.1. The van der Waals surface area contributed by atoms with E-state index in [1.54, 1.807) is 5.38 Å². The number of hydrogen-bond acceptors (Lipinski definition) is 6. The predicted octanol–water partition coefficient (Wildman–Crippen LogP) is 5.91. The van der Waals surface area contributed by atoms with Gasteiger partial charge in [-0.05, 0) is 47.9 Å². The number of sulfone groups is 1. The van der Waals surface area contributed by atoms with Crippen LogP contribution >= 0.6 is 11.3 Å². The van der Waals surface area contributed by atoms with E-state index in [1.165, 1.54) is 55.0 Å². The first-order valence-electron chi connectivity index (χ1n) is 9.31. The molecule has 0 fully saturated rings. The average Bonchev–Trinajstić information content (AvgIpc) is 3.29. The van der Waals surface area contributed by atoms with Gasteiger partial charge in [-0.1, -0.05) is 6.57 Å². The van der Waals surface area contributed by atoms with Crippen LogP contribution in [0.15, 0.2) is 58.9 Å². The number of rotatable bonds is 5. The van der Waals surface area contributed by atoms with Crippen LogP contribution in [0.2, 0.25) is 0 Å². The fourth-order valence-electron chi connectivity index (χ4n) is 3.31. The van der Waals surface area contributed by atoms with Gasteiger partial charge in [0, 0.05) is 17.0 Å². The van der Waals surface area contributed by atoms with Gasteiger partial charge in [0.05, 0.1) is 23.1 Å². The highest BCUT2D eigenvalue weighted by molar-refractivity contribution is 7.90. The Morgan fingerprint density at radius 3 is 2.58 bits per heavy atom. The lowest BCUT2D eigenvalue weighted by atomic mass is 10.0. The van der Waals surface area contributed by atoms with Gasteiger partial charge in [-0.15, -0.1) is 16.3 Å². The van der Waals surface area contributed by atoms with Crippen molar-refractivity contribution in [2.24, 2.45) is 0 Å². The van der Waals surface area contributed by atoms with Crippen LogP contribution in [0.4, 0.5) is 19.0 Å². The molecule has 0 saturated carbocycles. The van der Waals surface area contributed by atoms with Gasteiger partial charge >= 0.3 is 6.18 Å². The first-order valence-corrected chi connectivity index (χ1v) is 11.8. The molecular weight excluding hydrogens is 475 g/mol. The molecule has 0 unspecified atom stereocenters. The first kappa shape index (κ1) is 22.7. The second-order valence-electron chi connectivity index (χ2n) is 6.92. The van der Waals surface area contributed by atoms with Crippen molar-refractivity contribution >= 4 is 37.8 Å². The molecule has 2 aromatic heterocycles. The predicted molar refractivity (Wildman–Crippen MR) is 118 cm³/mol. The Morgan fingerprint density at radius 2 is 1.94 bits per heavy atom. The third-order valence-corrected chi connectivity index (χ3v) is 7.43. The van der Waals surface area contributed by atoms with Gasteiger partial charge < -0.3 is 9.58 Å². The minimum atomic E-state index is -4.56. The molecular formula is C22H14F3N3O3S2. The second-order valence-corrected chi connectivity index (χ2v) is 9.89. The highest BCUT2D eigenvalue weighted by Crippen LogP contribution is 2.40. The Kier molecular flexibility index (Phi) is 5.82. The molecule has 4 aromatic rings. The van der Waals surface area contributed by atoms with E-state index in [2.05, 4.69) is 14.8 Å². The van der Waals surface area contributed by atoms with E-state index in [9.17, 15) is 21.6 Å². The van der Waals surface area contributed by atoms with Crippen LogP contribution in [0.3, 0.4) is 0 Å². The van der Waals surface area contributed by atoms with E-state index in [1.807, 2.05) is 0 Å². The Bertz CT molecular complexity index is 1490. The van der Waals surface area contributed by atoms with Gasteiger partial charge in [-0.3, -0.25) is 0 Å². The quantitative estimate of drug-likeness (QED) is 0.326. The van der Waals surface area contributed by atoms with Gasteiger partial charge in [-0.25, -0.2) is 13.4 Å². The van der Waals surface area contributed by atoms with E-state index in [0.29, 0.717) is 15.8 Å². The SMILES string of the molecule is [C-]#[N+]c1cc2cc(S(=O)(=O)Cc3nccs3)ccc2c(-c2ccc(C(F)(F)F)cc2OC)n1. The van der Waals surface area contributed by atoms with Crippen molar-refractivity contribution in [3.8, 4) is 17.0 Å². The van der Waals surface area contributed by atoms with E-state index >= 15 is 0 Å². The summed E-state index contributed by atoms with van der Waals surface area (Å²) in [5, 5.41) is 3.01. The van der Waals surface area contributed by atoms with Gasteiger partial charge in [-0.2, -0.15) is 13.2 Å². The van der Waals surface area contributed by atoms with Crippen molar-refractivity contribution in [3.05, 3.63) is 76.0 Å². The number of aromatic nitrogens is 2. The third-order valence-electron chi connectivity index (χ3n) is 4.84. The number of nitrogens with zero attached hydrogens (tertiary/aromatic N) is 3. The molecule has 0 aliphatic heterocycles. The summed E-state index contributed by atoms with van der Waals surface area (Å²) in [6.07, 6.45) is -3.03. The normalized spacial score (nSPS) is 12.0. The minimum Gasteiger partial charge on any atom is -0.496 e. The molecule has 0 aliphatic carbocycles. The number of methoxy groups -OCH3 is 1. The molecule has 2 aromatic carbocycles. The smallest absolute Gasteiger partial charge is 0.416 e. The van der Waals surface area contributed by atoms with E-state index in [-0.39, 0.29) is 33.5 Å². The number of halogens is 3. The van der Waals surface area contributed by atoms with Crippen LogP contribution in [0, 0.1) is 6.57 Å². The van der Waals surface area contributed by atoms with Crippen LogP contribution in [-0.4, -0.2) is 25.5 Å². The van der Waals surface area contributed by atoms with Crippen LogP contribution < -0.4 is 4.74 Å². The zero-order valence-corrected chi connectivity index (χ0v) is 18.6. The van der Waals surface area contributed by atoms with Gasteiger partial charge in [0.1, 0.15) is 16.5 Å². The standard InChI is InChI=1S/C22H14F3N3O3S2/c1-26-19-10-13-9-15(33(29,30)12-20-27-7-8-32-20)4-6-16(13)21(28-19)17-5-3-14(22(23,24)25)11-18(17)31-2/h3-11H,12H2,2H3. The molecule has 0 aliphatic rings. The van der Waals surface area contributed by atoms with Gasteiger partial charge in [0.2, 0.25) is 0 Å². The van der Waals surface area contributed by atoms with Gasteiger partial charge in [0.15, 0.2) is 15.5 Å². The monoisotopic (exact) mass is 489 g/mol. The Balaban J connectivity index is 1.88. The lowest BCUT2D eigenvalue weighted by molar-refractivity contribution is -0.137. The van der Waals surface area contributed by atoms with Crippen LogP contribution in [0.25, 0.3) is 26.9 Å². The number of alkyl halides is 3. The van der Waals surface area contributed by atoms with Crippen LogP contribution in [-0.2, 0) is 21.8 Å². The lowest BCUT2D eigenvalue weighted by Crippen LogP contribution is -2.06. The Morgan fingerprint density at radius 1 is 1.15 bits per heavy atom. The van der Waals surface area contributed by atoms with Crippen molar-refractivity contribution in [2.45, 2.75) is 16.8 Å². The summed E-state index contributed by atoms with van der Waals surface area (Å²) in [5.74, 6) is -0.369. The summed E-state index contributed by atoms with van der Waals surface area (Å²) >= 11 is 1.23. The zero-order valence-electron chi connectivity index (χ0n) is 16.9. The maximum absolute atomic E-state index is 13.1. The van der Waals surface area contributed by atoms with E-state index in [4.69, 9.17) is 11.3 Å². The molecule has 0 N–H and O–H groups in total. The van der Waals surface area contributed by atoms with Crippen LogP contribution in [0.1, 0.15) is 10.6 Å². The molecule has 0 amide bonds. The number of hydrogen-bond donors (Lipinski definition) is 0. The highest BCUT2D eigenvalue weighted by Gasteiger charge is 2.32. The van der Waals surface area contributed by atoms with Crippen molar-refractivity contribution < 1.29 is 26.3 Å². The molecule has 4 rings (SSSR count). The summed E-state index contributed by atoms with van der Waals surface area (Å²) in [6, 6.07) is 8.79. The molecule has 6 nitrogen and oxygen atoms in total. The van der Waals surface area contributed by atoms with Gasteiger partial charge in [0.25, 0.3) is 5.82 Å².